The van der Waals surface area contributed by atoms with E-state index in [1.54, 1.807) is 36.9 Å². The maximum absolute atomic E-state index is 12.1. The standard InChI is InChI=1S/C17H24N2O3/c1-5-14-10(3)16(18)13-9-12(17(21)22-6-2)7-8-15(13)19(14)11(4)20/h7-10,14,16H,5-6,18H2,1-4H3. The molecule has 120 valence electrons. The van der Waals surface area contributed by atoms with Gasteiger partial charge in [0.05, 0.1) is 12.2 Å². The summed E-state index contributed by atoms with van der Waals surface area (Å²) in [6.07, 6.45) is 0.841. The van der Waals surface area contributed by atoms with Crippen molar-refractivity contribution in [2.24, 2.45) is 11.7 Å². The topological polar surface area (TPSA) is 72.6 Å². The molecule has 1 heterocycles. The molecule has 3 unspecified atom stereocenters. The van der Waals surface area contributed by atoms with Crippen LogP contribution in [-0.2, 0) is 9.53 Å². The van der Waals surface area contributed by atoms with Gasteiger partial charge in [0.15, 0.2) is 0 Å². The van der Waals surface area contributed by atoms with Crippen LogP contribution in [0.1, 0.15) is 56.1 Å². The third-order valence-corrected chi connectivity index (χ3v) is 4.42. The maximum Gasteiger partial charge on any atom is 0.338 e. The van der Waals surface area contributed by atoms with Gasteiger partial charge < -0.3 is 15.4 Å². The van der Waals surface area contributed by atoms with Crippen LogP contribution in [0.4, 0.5) is 5.69 Å². The van der Waals surface area contributed by atoms with E-state index in [1.807, 2.05) is 0 Å². The van der Waals surface area contributed by atoms with Gasteiger partial charge in [0.1, 0.15) is 0 Å². The molecule has 1 aliphatic rings. The number of amides is 1. The Kier molecular flexibility index (Phi) is 4.86. The highest BCUT2D eigenvalue weighted by molar-refractivity contribution is 5.96. The molecule has 1 aromatic carbocycles. The second kappa shape index (κ2) is 6.48. The molecule has 0 radical (unpaired) electrons. The van der Waals surface area contributed by atoms with Crippen LogP contribution in [0.15, 0.2) is 18.2 Å². The van der Waals surface area contributed by atoms with Crippen molar-refractivity contribution in [3.8, 4) is 0 Å². The number of hydrogen-bond donors (Lipinski definition) is 1. The van der Waals surface area contributed by atoms with E-state index in [1.165, 1.54) is 0 Å². The van der Waals surface area contributed by atoms with E-state index in [-0.39, 0.29) is 29.9 Å². The second-order valence-electron chi connectivity index (χ2n) is 5.74. The van der Waals surface area contributed by atoms with Gasteiger partial charge >= 0.3 is 5.97 Å². The van der Waals surface area contributed by atoms with Gasteiger partial charge in [-0.2, -0.15) is 0 Å². The summed E-state index contributed by atoms with van der Waals surface area (Å²) in [6.45, 7) is 7.77. The fourth-order valence-electron chi connectivity index (χ4n) is 3.28. The lowest BCUT2D eigenvalue weighted by Gasteiger charge is -2.43. The Balaban J connectivity index is 2.52. The molecule has 2 rings (SSSR count). The van der Waals surface area contributed by atoms with Crippen molar-refractivity contribution in [3.05, 3.63) is 29.3 Å². The quantitative estimate of drug-likeness (QED) is 0.871. The summed E-state index contributed by atoms with van der Waals surface area (Å²) in [7, 11) is 0. The van der Waals surface area contributed by atoms with E-state index >= 15 is 0 Å². The molecule has 1 aromatic rings. The molecule has 3 atom stereocenters. The smallest absolute Gasteiger partial charge is 0.338 e. The zero-order chi connectivity index (χ0) is 16.4. The lowest BCUT2D eigenvalue weighted by atomic mass is 9.81. The number of benzene rings is 1. The summed E-state index contributed by atoms with van der Waals surface area (Å²) in [6, 6.07) is 5.13. The predicted molar refractivity (Wildman–Crippen MR) is 85.7 cm³/mol. The normalized spacial score (nSPS) is 23.9. The highest BCUT2D eigenvalue weighted by atomic mass is 16.5. The third-order valence-electron chi connectivity index (χ3n) is 4.42. The van der Waals surface area contributed by atoms with Gasteiger partial charge in [0, 0.05) is 24.7 Å². The molecule has 0 saturated carbocycles. The minimum absolute atomic E-state index is 0.00395. The van der Waals surface area contributed by atoms with Crippen molar-refractivity contribution in [1.29, 1.82) is 0 Å². The molecule has 0 saturated heterocycles. The van der Waals surface area contributed by atoms with Crippen molar-refractivity contribution >= 4 is 17.6 Å². The SMILES string of the molecule is CCOC(=O)c1ccc2c(c1)C(N)C(C)C(CC)N2C(C)=O. The number of esters is 1. The highest BCUT2D eigenvalue weighted by Gasteiger charge is 2.38. The summed E-state index contributed by atoms with van der Waals surface area (Å²) in [5.41, 5.74) is 8.48. The summed E-state index contributed by atoms with van der Waals surface area (Å²) in [4.78, 5) is 25.8. The number of nitrogens with two attached hydrogens (primary N) is 1. The molecule has 0 spiro atoms. The number of hydrogen-bond acceptors (Lipinski definition) is 4. The third kappa shape index (κ3) is 2.73. The lowest BCUT2D eigenvalue weighted by molar-refractivity contribution is -0.117. The molecular formula is C17H24N2O3. The number of rotatable bonds is 3. The number of anilines is 1. The first-order valence-electron chi connectivity index (χ1n) is 7.78. The van der Waals surface area contributed by atoms with Gasteiger partial charge in [-0.3, -0.25) is 4.79 Å². The molecule has 5 heteroatoms. The van der Waals surface area contributed by atoms with Crippen LogP contribution < -0.4 is 10.6 Å². The Labute approximate surface area is 131 Å². The largest absolute Gasteiger partial charge is 0.462 e. The van der Waals surface area contributed by atoms with E-state index in [4.69, 9.17) is 10.5 Å². The van der Waals surface area contributed by atoms with Crippen LogP contribution in [0.3, 0.4) is 0 Å². The monoisotopic (exact) mass is 304 g/mol. The minimum Gasteiger partial charge on any atom is -0.462 e. The molecule has 0 aliphatic carbocycles. The Morgan fingerprint density at radius 2 is 2.00 bits per heavy atom. The van der Waals surface area contributed by atoms with Crippen LogP contribution in [0.5, 0.6) is 0 Å². The first kappa shape index (κ1) is 16.5. The summed E-state index contributed by atoms with van der Waals surface area (Å²) >= 11 is 0. The number of carbonyl (C=O) groups excluding carboxylic acids is 2. The van der Waals surface area contributed by atoms with Crippen LogP contribution in [-0.4, -0.2) is 24.5 Å². The van der Waals surface area contributed by atoms with Crippen molar-refractivity contribution in [3.63, 3.8) is 0 Å². The summed E-state index contributed by atoms with van der Waals surface area (Å²) in [5, 5.41) is 0. The number of nitrogens with zero attached hydrogens (tertiary/aromatic N) is 1. The number of carbonyl (C=O) groups is 2. The van der Waals surface area contributed by atoms with Crippen LogP contribution in [0, 0.1) is 5.92 Å². The molecule has 1 amide bonds. The van der Waals surface area contributed by atoms with E-state index in [0.717, 1.165) is 17.7 Å². The first-order chi connectivity index (χ1) is 10.4. The lowest BCUT2D eigenvalue weighted by Crippen LogP contribution is -2.50. The summed E-state index contributed by atoms with van der Waals surface area (Å²) in [5.74, 6) is -0.244. The fourth-order valence-corrected chi connectivity index (χ4v) is 3.28. The summed E-state index contributed by atoms with van der Waals surface area (Å²) < 4.78 is 5.04. The van der Waals surface area contributed by atoms with Crippen molar-refractivity contribution in [2.45, 2.75) is 46.2 Å². The van der Waals surface area contributed by atoms with Crippen LogP contribution in [0.2, 0.25) is 0 Å². The van der Waals surface area contributed by atoms with Gasteiger partial charge in [-0.05, 0) is 43.0 Å². The second-order valence-corrected chi connectivity index (χ2v) is 5.74. The Morgan fingerprint density at radius 1 is 1.32 bits per heavy atom. The molecule has 1 aliphatic heterocycles. The van der Waals surface area contributed by atoms with Gasteiger partial charge in [0.25, 0.3) is 0 Å². The molecule has 0 bridgehead atoms. The molecule has 0 aromatic heterocycles. The van der Waals surface area contributed by atoms with Crippen LogP contribution >= 0.6 is 0 Å². The molecule has 2 N–H and O–H groups in total. The Morgan fingerprint density at radius 3 is 2.55 bits per heavy atom. The van der Waals surface area contributed by atoms with Crippen molar-refractivity contribution in [1.82, 2.24) is 0 Å². The van der Waals surface area contributed by atoms with Gasteiger partial charge in [-0.15, -0.1) is 0 Å². The van der Waals surface area contributed by atoms with E-state index in [2.05, 4.69) is 13.8 Å². The average molecular weight is 304 g/mol. The zero-order valence-electron chi connectivity index (χ0n) is 13.6. The highest BCUT2D eigenvalue weighted by Crippen LogP contribution is 2.41. The molecule has 5 nitrogen and oxygen atoms in total. The molecular weight excluding hydrogens is 280 g/mol. The van der Waals surface area contributed by atoms with Gasteiger partial charge in [0.2, 0.25) is 5.91 Å². The fraction of sp³-hybridized carbons (Fsp3) is 0.529. The number of fused-ring (bicyclic) bond motifs is 1. The van der Waals surface area contributed by atoms with E-state index in [0.29, 0.717) is 12.2 Å². The average Bonchev–Trinajstić information content (AvgIpc) is 2.50. The van der Waals surface area contributed by atoms with Gasteiger partial charge in [-0.25, -0.2) is 4.79 Å². The zero-order valence-corrected chi connectivity index (χ0v) is 13.6. The van der Waals surface area contributed by atoms with Gasteiger partial charge in [-0.1, -0.05) is 13.8 Å². The van der Waals surface area contributed by atoms with Crippen LogP contribution in [0.25, 0.3) is 0 Å². The molecule has 22 heavy (non-hydrogen) atoms. The van der Waals surface area contributed by atoms with Crippen molar-refractivity contribution in [2.75, 3.05) is 11.5 Å². The Bertz CT molecular complexity index is 585. The maximum atomic E-state index is 12.1. The predicted octanol–water partition coefficient (Wildman–Crippen LogP) is 2.64. The Hall–Kier alpha value is -1.88. The minimum atomic E-state index is -0.364. The van der Waals surface area contributed by atoms with E-state index < -0.39 is 0 Å². The van der Waals surface area contributed by atoms with E-state index in [9.17, 15) is 9.59 Å². The first-order valence-corrected chi connectivity index (χ1v) is 7.78. The van der Waals surface area contributed by atoms with Crippen molar-refractivity contribution < 1.29 is 14.3 Å². The number of ether oxygens (including phenoxy) is 1. The molecule has 0 fully saturated rings.